The summed E-state index contributed by atoms with van der Waals surface area (Å²) in [4.78, 5) is 6.40. The summed E-state index contributed by atoms with van der Waals surface area (Å²) in [5.74, 6) is -0.380. The fourth-order valence-electron chi connectivity index (χ4n) is 1.10. The molecule has 0 saturated carbocycles. The lowest BCUT2D eigenvalue weighted by atomic mass is 10.2. The molecule has 2 aromatic rings. The van der Waals surface area contributed by atoms with Crippen molar-refractivity contribution in [1.82, 2.24) is 9.97 Å². The van der Waals surface area contributed by atoms with Gasteiger partial charge in [-0.3, -0.25) is 4.98 Å². The Morgan fingerprint density at radius 2 is 2.33 bits per heavy atom. The second-order valence-electron chi connectivity index (χ2n) is 2.36. The van der Waals surface area contributed by atoms with Gasteiger partial charge >= 0.3 is 0 Å². The number of aromatic nitrogens is 2. The Labute approximate surface area is 67.5 Å². The van der Waals surface area contributed by atoms with Crippen LogP contribution in [0.1, 0.15) is 5.56 Å². The first-order valence-electron chi connectivity index (χ1n) is 3.33. The molecule has 0 aliphatic heterocycles. The standard InChI is InChI=1S/C8H4FN3/c9-7-4-12-8-5(1-10)2-11-3-6(7)8/h2-4,12H. The van der Waals surface area contributed by atoms with Gasteiger partial charge in [0.2, 0.25) is 0 Å². The molecule has 0 atom stereocenters. The van der Waals surface area contributed by atoms with E-state index in [-0.39, 0.29) is 5.82 Å². The van der Waals surface area contributed by atoms with Crippen LogP contribution in [-0.2, 0) is 0 Å². The molecule has 4 heteroatoms. The maximum absolute atomic E-state index is 12.9. The molecule has 0 aromatic carbocycles. The number of H-pyrrole nitrogens is 1. The molecule has 0 aliphatic carbocycles. The monoisotopic (exact) mass is 161 g/mol. The third-order valence-electron chi connectivity index (χ3n) is 1.67. The van der Waals surface area contributed by atoms with Gasteiger partial charge in [-0.15, -0.1) is 0 Å². The van der Waals surface area contributed by atoms with Crippen molar-refractivity contribution in [3.63, 3.8) is 0 Å². The molecule has 3 nitrogen and oxygen atoms in total. The summed E-state index contributed by atoms with van der Waals surface area (Å²) in [6.07, 6.45) is 4.01. The van der Waals surface area contributed by atoms with Gasteiger partial charge in [0.05, 0.1) is 16.5 Å². The van der Waals surface area contributed by atoms with Crippen molar-refractivity contribution in [3.05, 3.63) is 30.0 Å². The first-order chi connectivity index (χ1) is 5.83. The number of nitrogens with zero attached hydrogens (tertiary/aromatic N) is 2. The van der Waals surface area contributed by atoms with E-state index in [0.717, 1.165) is 0 Å². The van der Waals surface area contributed by atoms with E-state index in [0.29, 0.717) is 16.5 Å². The number of aromatic amines is 1. The zero-order chi connectivity index (χ0) is 8.55. The normalized spacial score (nSPS) is 10.0. The molecule has 2 heterocycles. The van der Waals surface area contributed by atoms with Crippen molar-refractivity contribution in [2.45, 2.75) is 0 Å². The second kappa shape index (κ2) is 2.31. The molecule has 12 heavy (non-hydrogen) atoms. The van der Waals surface area contributed by atoms with E-state index in [1.165, 1.54) is 18.6 Å². The van der Waals surface area contributed by atoms with E-state index in [2.05, 4.69) is 9.97 Å². The number of hydrogen-bond donors (Lipinski definition) is 1. The summed E-state index contributed by atoms with van der Waals surface area (Å²) in [6, 6.07) is 1.92. The minimum atomic E-state index is -0.380. The van der Waals surface area contributed by atoms with Crippen LogP contribution in [0.5, 0.6) is 0 Å². The molecule has 0 saturated heterocycles. The van der Waals surface area contributed by atoms with Crippen LogP contribution >= 0.6 is 0 Å². The van der Waals surface area contributed by atoms with E-state index in [9.17, 15) is 4.39 Å². The fraction of sp³-hybridized carbons (Fsp3) is 0. The highest BCUT2D eigenvalue weighted by Crippen LogP contribution is 2.17. The largest absolute Gasteiger partial charge is 0.357 e. The van der Waals surface area contributed by atoms with Gasteiger partial charge in [0.15, 0.2) is 0 Å². The number of nitriles is 1. The topological polar surface area (TPSA) is 52.5 Å². The van der Waals surface area contributed by atoms with Gasteiger partial charge in [-0.25, -0.2) is 4.39 Å². The first kappa shape index (κ1) is 6.80. The van der Waals surface area contributed by atoms with Gasteiger partial charge in [0.1, 0.15) is 11.9 Å². The molecule has 0 unspecified atom stereocenters. The third kappa shape index (κ3) is 0.768. The number of halogens is 1. The van der Waals surface area contributed by atoms with Gasteiger partial charge in [0, 0.05) is 18.6 Å². The lowest BCUT2D eigenvalue weighted by Gasteiger charge is -1.89. The van der Waals surface area contributed by atoms with E-state index >= 15 is 0 Å². The Hall–Kier alpha value is -1.89. The van der Waals surface area contributed by atoms with Gasteiger partial charge in [-0.05, 0) is 0 Å². The highest BCUT2D eigenvalue weighted by atomic mass is 19.1. The lowest BCUT2D eigenvalue weighted by Crippen LogP contribution is -1.80. The summed E-state index contributed by atoms with van der Waals surface area (Å²) in [5, 5.41) is 8.97. The van der Waals surface area contributed by atoms with Crippen LogP contribution in [0.15, 0.2) is 18.6 Å². The Kier molecular flexibility index (Phi) is 1.31. The minimum absolute atomic E-state index is 0.356. The second-order valence-corrected chi connectivity index (χ2v) is 2.36. The van der Waals surface area contributed by atoms with Crippen molar-refractivity contribution in [1.29, 1.82) is 5.26 Å². The smallest absolute Gasteiger partial charge is 0.150 e. The molecule has 0 fully saturated rings. The molecule has 2 aromatic heterocycles. The average Bonchev–Trinajstić information content (AvgIpc) is 2.48. The van der Waals surface area contributed by atoms with E-state index in [1.807, 2.05) is 6.07 Å². The Bertz CT molecular complexity index is 467. The molecule has 2 rings (SSSR count). The number of nitrogens with one attached hydrogen (secondary N) is 1. The highest BCUT2D eigenvalue weighted by Gasteiger charge is 2.06. The van der Waals surface area contributed by atoms with Crippen LogP contribution in [0.2, 0.25) is 0 Å². The molecule has 0 amide bonds. The van der Waals surface area contributed by atoms with Crippen molar-refractivity contribution in [2.75, 3.05) is 0 Å². The van der Waals surface area contributed by atoms with Crippen molar-refractivity contribution < 1.29 is 4.39 Å². The fourth-order valence-corrected chi connectivity index (χ4v) is 1.10. The van der Waals surface area contributed by atoms with Gasteiger partial charge < -0.3 is 4.98 Å². The summed E-state index contributed by atoms with van der Waals surface area (Å²) in [5.41, 5.74) is 0.862. The summed E-state index contributed by atoms with van der Waals surface area (Å²) < 4.78 is 12.9. The lowest BCUT2D eigenvalue weighted by molar-refractivity contribution is 0.639. The minimum Gasteiger partial charge on any atom is -0.357 e. The molecule has 58 valence electrons. The van der Waals surface area contributed by atoms with Crippen LogP contribution in [0, 0.1) is 17.1 Å². The molecule has 0 aliphatic rings. The summed E-state index contributed by atoms with van der Waals surface area (Å²) in [7, 11) is 0. The Morgan fingerprint density at radius 3 is 3.08 bits per heavy atom. The van der Waals surface area contributed by atoms with Crippen molar-refractivity contribution in [3.8, 4) is 6.07 Å². The van der Waals surface area contributed by atoms with Crippen molar-refractivity contribution in [2.24, 2.45) is 0 Å². The average molecular weight is 161 g/mol. The van der Waals surface area contributed by atoms with E-state index < -0.39 is 0 Å². The molecule has 0 radical (unpaired) electrons. The Balaban J connectivity index is 2.92. The zero-order valence-electron chi connectivity index (χ0n) is 6.00. The van der Waals surface area contributed by atoms with Crippen LogP contribution in [0.25, 0.3) is 10.9 Å². The molecular formula is C8H4FN3. The number of pyridine rings is 1. The predicted molar refractivity (Wildman–Crippen MR) is 40.8 cm³/mol. The first-order valence-corrected chi connectivity index (χ1v) is 3.33. The SMILES string of the molecule is N#Cc1cncc2c(F)c[nH]c12. The number of hydrogen-bond acceptors (Lipinski definition) is 2. The van der Waals surface area contributed by atoms with E-state index in [4.69, 9.17) is 5.26 Å². The third-order valence-corrected chi connectivity index (χ3v) is 1.67. The van der Waals surface area contributed by atoms with Gasteiger partial charge in [-0.2, -0.15) is 5.26 Å². The quantitative estimate of drug-likeness (QED) is 0.637. The van der Waals surface area contributed by atoms with Crippen LogP contribution in [0.4, 0.5) is 4.39 Å². The molecular weight excluding hydrogens is 157 g/mol. The van der Waals surface area contributed by atoms with Crippen molar-refractivity contribution >= 4 is 10.9 Å². The zero-order valence-corrected chi connectivity index (χ0v) is 6.00. The number of fused-ring (bicyclic) bond motifs is 1. The van der Waals surface area contributed by atoms with Crippen LogP contribution < -0.4 is 0 Å². The number of rotatable bonds is 0. The maximum Gasteiger partial charge on any atom is 0.150 e. The van der Waals surface area contributed by atoms with E-state index in [1.54, 1.807) is 0 Å². The summed E-state index contributed by atoms with van der Waals surface area (Å²) in [6.45, 7) is 0. The summed E-state index contributed by atoms with van der Waals surface area (Å²) >= 11 is 0. The van der Waals surface area contributed by atoms with Gasteiger partial charge in [-0.1, -0.05) is 0 Å². The van der Waals surface area contributed by atoms with Gasteiger partial charge in [0.25, 0.3) is 0 Å². The molecule has 0 spiro atoms. The van der Waals surface area contributed by atoms with Crippen LogP contribution in [-0.4, -0.2) is 9.97 Å². The molecule has 0 bridgehead atoms. The Morgan fingerprint density at radius 1 is 1.50 bits per heavy atom. The maximum atomic E-state index is 12.9. The van der Waals surface area contributed by atoms with Crippen LogP contribution in [0.3, 0.4) is 0 Å². The highest BCUT2D eigenvalue weighted by molar-refractivity contribution is 5.84. The predicted octanol–water partition coefficient (Wildman–Crippen LogP) is 1.57. The molecule has 1 N–H and O–H groups in total.